The van der Waals surface area contributed by atoms with Gasteiger partial charge in [-0.05, 0) is 11.4 Å². The van der Waals surface area contributed by atoms with Gasteiger partial charge >= 0.3 is 5.97 Å². The normalized spacial score (nSPS) is 11.7. The number of amides is 2. The Morgan fingerprint density at radius 3 is 2.70 bits per heavy atom. The fourth-order valence-corrected chi connectivity index (χ4v) is 2.20. The summed E-state index contributed by atoms with van der Waals surface area (Å²) in [7, 11) is 1.56. The quantitative estimate of drug-likeness (QED) is 0.787. The van der Waals surface area contributed by atoms with Gasteiger partial charge in [0.05, 0.1) is 5.92 Å². The van der Waals surface area contributed by atoms with E-state index in [0.29, 0.717) is 5.56 Å². The molecule has 0 aromatic carbocycles. The summed E-state index contributed by atoms with van der Waals surface area (Å²) in [6, 6.07) is 1.71. The van der Waals surface area contributed by atoms with E-state index in [-0.39, 0.29) is 31.3 Å². The topological polar surface area (TPSA) is 86.7 Å². The van der Waals surface area contributed by atoms with Crippen molar-refractivity contribution in [2.75, 3.05) is 20.1 Å². The van der Waals surface area contributed by atoms with Gasteiger partial charge in [-0.25, -0.2) is 0 Å². The number of thiophene rings is 1. The van der Waals surface area contributed by atoms with Crippen molar-refractivity contribution in [3.05, 3.63) is 22.4 Å². The molecule has 20 heavy (non-hydrogen) atoms. The van der Waals surface area contributed by atoms with Gasteiger partial charge in [-0.2, -0.15) is 11.3 Å². The standard InChI is InChI=1S/C13H18N2O4S/c1-9(13(18)19)7-15(2)11(16)3-5-14-12(17)10-4-6-20-8-10/h4,6,8-9H,3,5,7H2,1-2H3,(H,14,17)(H,18,19). The molecule has 0 fully saturated rings. The van der Waals surface area contributed by atoms with Gasteiger partial charge in [-0.1, -0.05) is 6.92 Å². The number of hydrogen-bond donors (Lipinski definition) is 2. The van der Waals surface area contributed by atoms with Crippen LogP contribution in [0, 0.1) is 5.92 Å². The van der Waals surface area contributed by atoms with Crippen LogP contribution >= 0.6 is 11.3 Å². The van der Waals surface area contributed by atoms with Crippen LogP contribution in [0.25, 0.3) is 0 Å². The van der Waals surface area contributed by atoms with Gasteiger partial charge in [0.2, 0.25) is 5.91 Å². The first-order valence-corrected chi connectivity index (χ1v) is 7.13. The Morgan fingerprint density at radius 1 is 1.45 bits per heavy atom. The molecule has 1 heterocycles. The Labute approximate surface area is 121 Å². The summed E-state index contributed by atoms with van der Waals surface area (Å²) in [4.78, 5) is 35.4. The lowest BCUT2D eigenvalue weighted by Crippen LogP contribution is -2.36. The highest BCUT2D eigenvalue weighted by atomic mass is 32.1. The third-order valence-electron chi connectivity index (χ3n) is 2.80. The molecule has 110 valence electrons. The minimum atomic E-state index is -0.935. The van der Waals surface area contributed by atoms with E-state index in [9.17, 15) is 14.4 Å². The second-order valence-corrected chi connectivity index (χ2v) is 5.31. The second-order valence-electron chi connectivity index (χ2n) is 4.53. The van der Waals surface area contributed by atoms with Crippen LogP contribution < -0.4 is 5.32 Å². The fourth-order valence-electron chi connectivity index (χ4n) is 1.56. The lowest BCUT2D eigenvalue weighted by Gasteiger charge is -2.19. The molecule has 0 saturated carbocycles. The minimum Gasteiger partial charge on any atom is -0.481 e. The Kier molecular flexibility index (Phi) is 6.17. The van der Waals surface area contributed by atoms with Crippen molar-refractivity contribution < 1.29 is 19.5 Å². The Balaban J connectivity index is 2.29. The van der Waals surface area contributed by atoms with Crippen molar-refractivity contribution in [1.29, 1.82) is 0 Å². The number of aliphatic carboxylic acids is 1. The van der Waals surface area contributed by atoms with Crippen molar-refractivity contribution in [1.82, 2.24) is 10.2 Å². The number of hydrogen-bond acceptors (Lipinski definition) is 4. The first-order valence-electron chi connectivity index (χ1n) is 6.19. The summed E-state index contributed by atoms with van der Waals surface area (Å²) >= 11 is 1.43. The van der Waals surface area contributed by atoms with Crippen molar-refractivity contribution >= 4 is 29.1 Å². The summed E-state index contributed by atoms with van der Waals surface area (Å²) in [6.07, 6.45) is 0.152. The number of carboxylic acid groups (broad SMARTS) is 1. The van der Waals surface area contributed by atoms with Crippen LogP contribution in [0.2, 0.25) is 0 Å². The van der Waals surface area contributed by atoms with Crippen LogP contribution in [0.4, 0.5) is 0 Å². The van der Waals surface area contributed by atoms with Crippen molar-refractivity contribution in [2.24, 2.45) is 5.92 Å². The maximum Gasteiger partial charge on any atom is 0.308 e. The number of carboxylic acids is 1. The molecular formula is C13H18N2O4S. The van der Waals surface area contributed by atoms with Gasteiger partial charge in [0.25, 0.3) is 5.91 Å². The van der Waals surface area contributed by atoms with Gasteiger partial charge < -0.3 is 15.3 Å². The van der Waals surface area contributed by atoms with Crippen molar-refractivity contribution in [3.8, 4) is 0 Å². The average molecular weight is 298 g/mol. The molecule has 0 spiro atoms. The zero-order chi connectivity index (χ0) is 15.1. The highest BCUT2D eigenvalue weighted by molar-refractivity contribution is 7.08. The van der Waals surface area contributed by atoms with E-state index >= 15 is 0 Å². The Bertz CT molecular complexity index is 473. The number of carbonyl (C=O) groups is 3. The molecular weight excluding hydrogens is 280 g/mol. The lowest BCUT2D eigenvalue weighted by atomic mass is 10.1. The van der Waals surface area contributed by atoms with E-state index in [4.69, 9.17) is 5.11 Å². The smallest absolute Gasteiger partial charge is 0.308 e. The SMILES string of the molecule is CC(CN(C)C(=O)CCNC(=O)c1ccsc1)C(=O)O. The first kappa shape index (κ1) is 16.2. The summed E-state index contributed by atoms with van der Waals surface area (Å²) in [6.45, 7) is 1.94. The molecule has 1 aromatic rings. The molecule has 0 bridgehead atoms. The summed E-state index contributed by atoms with van der Waals surface area (Å²) in [5, 5.41) is 15.0. The molecule has 0 saturated heterocycles. The third-order valence-corrected chi connectivity index (χ3v) is 3.49. The van der Waals surface area contributed by atoms with Gasteiger partial charge in [0, 0.05) is 37.5 Å². The second kappa shape index (κ2) is 7.64. The monoisotopic (exact) mass is 298 g/mol. The van der Waals surface area contributed by atoms with Crippen LogP contribution in [-0.2, 0) is 9.59 Å². The van der Waals surface area contributed by atoms with Crippen LogP contribution in [0.15, 0.2) is 16.8 Å². The number of nitrogens with zero attached hydrogens (tertiary/aromatic N) is 1. The largest absolute Gasteiger partial charge is 0.481 e. The minimum absolute atomic E-state index is 0.152. The van der Waals surface area contributed by atoms with Crippen LogP contribution in [0.1, 0.15) is 23.7 Å². The fraction of sp³-hybridized carbons (Fsp3) is 0.462. The van der Waals surface area contributed by atoms with Crippen molar-refractivity contribution in [3.63, 3.8) is 0 Å². The van der Waals surface area contributed by atoms with Gasteiger partial charge in [-0.3, -0.25) is 14.4 Å². The van der Waals surface area contributed by atoms with E-state index in [1.807, 2.05) is 0 Å². The summed E-state index contributed by atoms with van der Waals surface area (Å²) in [5.74, 6) is -1.94. The molecule has 0 radical (unpaired) electrons. The van der Waals surface area contributed by atoms with Crippen LogP contribution in [-0.4, -0.2) is 47.9 Å². The molecule has 2 amide bonds. The highest BCUT2D eigenvalue weighted by Crippen LogP contribution is 2.05. The van der Waals surface area contributed by atoms with Gasteiger partial charge in [0.15, 0.2) is 0 Å². The molecule has 2 N–H and O–H groups in total. The van der Waals surface area contributed by atoms with E-state index in [0.717, 1.165) is 0 Å². The highest BCUT2D eigenvalue weighted by Gasteiger charge is 2.17. The molecule has 6 nitrogen and oxygen atoms in total. The zero-order valence-electron chi connectivity index (χ0n) is 11.5. The van der Waals surface area contributed by atoms with Crippen molar-refractivity contribution in [2.45, 2.75) is 13.3 Å². The molecule has 1 aromatic heterocycles. The van der Waals surface area contributed by atoms with Crippen LogP contribution in [0.3, 0.4) is 0 Å². The molecule has 1 unspecified atom stereocenters. The number of carbonyl (C=O) groups excluding carboxylic acids is 2. The maximum atomic E-state index is 11.8. The summed E-state index contributed by atoms with van der Waals surface area (Å²) in [5.41, 5.74) is 0.579. The predicted molar refractivity (Wildman–Crippen MR) is 75.7 cm³/mol. The van der Waals surface area contributed by atoms with Gasteiger partial charge in [-0.15, -0.1) is 0 Å². The van der Waals surface area contributed by atoms with Gasteiger partial charge in [0.1, 0.15) is 0 Å². The van der Waals surface area contributed by atoms with E-state index in [2.05, 4.69) is 5.32 Å². The molecule has 0 aliphatic heterocycles. The average Bonchev–Trinajstić information content (AvgIpc) is 2.91. The zero-order valence-corrected chi connectivity index (χ0v) is 12.3. The number of rotatable bonds is 7. The third kappa shape index (κ3) is 5.00. The van der Waals surface area contributed by atoms with E-state index in [1.54, 1.807) is 30.8 Å². The molecule has 1 rings (SSSR count). The molecule has 1 atom stereocenters. The predicted octanol–water partition coefficient (Wildman–Crippen LogP) is 1.05. The first-order chi connectivity index (χ1) is 9.41. The van der Waals surface area contributed by atoms with E-state index < -0.39 is 11.9 Å². The Hall–Kier alpha value is -1.89. The molecule has 7 heteroatoms. The Morgan fingerprint density at radius 2 is 2.15 bits per heavy atom. The molecule has 0 aliphatic carbocycles. The molecule has 0 aliphatic rings. The maximum absolute atomic E-state index is 11.8. The van der Waals surface area contributed by atoms with Crippen LogP contribution in [0.5, 0.6) is 0 Å². The van der Waals surface area contributed by atoms with E-state index in [1.165, 1.54) is 16.2 Å². The number of nitrogens with one attached hydrogen (secondary N) is 1. The lowest BCUT2D eigenvalue weighted by molar-refractivity contribution is -0.142. The summed E-state index contributed by atoms with van der Waals surface area (Å²) < 4.78 is 0.